The molecule has 1 aliphatic rings. The lowest BCUT2D eigenvalue weighted by Gasteiger charge is -2.13. The van der Waals surface area contributed by atoms with Gasteiger partial charge in [0.2, 0.25) is 0 Å². The Bertz CT molecular complexity index is 777. The van der Waals surface area contributed by atoms with E-state index in [9.17, 15) is 10.1 Å². The van der Waals surface area contributed by atoms with E-state index in [2.05, 4.69) is 16.4 Å². The van der Waals surface area contributed by atoms with Crippen LogP contribution in [0.4, 0.5) is 5.82 Å². The minimum atomic E-state index is -0.820. The fourth-order valence-electron chi connectivity index (χ4n) is 2.52. The minimum Gasteiger partial charge on any atom is -0.481 e. The smallest absolute Gasteiger partial charge is 0.310 e. The second kappa shape index (κ2) is 5.25. The van der Waals surface area contributed by atoms with Crippen molar-refractivity contribution in [2.24, 2.45) is 5.92 Å². The molecule has 21 heavy (non-hydrogen) atoms. The fourth-order valence-corrected chi connectivity index (χ4v) is 2.52. The van der Waals surface area contributed by atoms with E-state index in [4.69, 9.17) is 5.11 Å². The molecule has 104 valence electrons. The van der Waals surface area contributed by atoms with Crippen LogP contribution >= 0.6 is 0 Å². The number of aliphatic carboxylic acids is 1. The van der Waals surface area contributed by atoms with Crippen molar-refractivity contribution in [3.8, 4) is 6.07 Å². The van der Waals surface area contributed by atoms with Crippen molar-refractivity contribution >= 4 is 22.7 Å². The first-order valence-corrected chi connectivity index (χ1v) is 6.65. The molecule has 1 aromatic heterocycles. The zero-order chi connectivity index (χ0) is 14.8. The number of carboxylic acids is 1. The highest BCUT2D eigenvalue weighted by molar-refractivity contribution is 5.86. The number of pyridine rings is 1. The Morgan fingerprint density at radius 2 is 2.19 bits per heavy atom. The van der Waals surface area contributed by atoms with Gasteiger partial charge in [-0.3, -0.25) is 4.79 Å². The quantitative estimate of drug-likeness (QED) is 0.843. The highest BCUT2D eigenvalue weighted by atomic mass is 16.4. The van der Waals surface area contributed by atoms with Gasteiger partial charge in [0.1, 0.15) is 5.82 Å². The van der Waals surface area contributed by atoms with Crippen LogP contribution in [-0.2, 0) is 4.79 Å². The van der Waals surface area contributed by atoms with E-state index in [1.165, 1.54) is 0 Å². The molecule has 0 radical (unpaired) electrons. The zero-order valence-electron chi connectivity index (χ0n) is 11.2. The highest BCUT2D eigenvalue weighted by Crippen LogP contribution is 2.24. The molecule has 0 aliphatic heterocycles. The lowest BCUT2D eigenvalue weighted by Crippen LogP contribution is -2.19. The third-order valence-corrected chi connectivity index (χ3v) is 3.57. The molecule has 0 fully saturated rings. The van der Waals surface area contributed by atoms with Gasteiger partial charge in [-0.2, -0.15) is 5.26 Å². The second-order valence-corrected chi connectivity index (χ2v) is 5.00. The topological polar surface area (TPSA) is 86.0 Å². The van der Waals surface area contributed by atoms with E-state index in [-0.39, 0.29) is 6.04 Å². The van der Waals surface area contributed by atoms with Gasteiger partial charge in [-0.1, -0.05) is 30.4 Å². The van der Waals surface area contributed by atoms with Gasteiger partial charge in [-0.15, -0.1) is 0 Å². The lowest BCUT2D eigenvalue weighted by molar-refractivity contribution is -0.140. The van der Waals surface area contributed by atoms with Crippen molar-refractivity contribution in [3.05, 3.63) is 48.0 Å². The van der Waals surface area contributed by atoms with Crippen molar-refractivity contribution in [2.45, 2.75) is 12.5 Å². The molecular weight excluding hydrogens is 266 g/mol. The van der Waals surface area contributed by atoms with Gasteiger partial charge in [0.05, 0.1) is 23.1 Å². The predicted molar refractivity (Wildman–Crippen MR) is 78.8 cm³/mol. The maximum atomic E-state index is 10.9. The van der Waals surface area contributed by atoms with E-state index >= 15 is 0 Å². The molecule has 0 spiro atoms. The molecule has 5 nitrogen and oxygen atoms in total. The fraction of sp³-hybridized carbons (Fsp3) is 0.188. The number of nitrogens with one attached hydrogen (secondary N) is 1. The summed E-state index contributed by atoms with van der Waals surface area (Å²) < 4.78 is 0. The molecule has 1 aliphatic carbocycles. The van der Waals surface area contributed by atoms with Crippen LogP contribution in [0.25, 0.3) is 10.9 Å². The van der Waals surface area contributed by atoms with Crippen LogP contribution in [0.3, 0.4) is 0 Å². The number of aromatic nitrogens is 1. The molecule has 0 saturated heterocycles. The molecule has 2 N–H and O–H groups in total. The molecule has 1 aromatic carbocycles. The van der Waals surface area contributed by atoms with E-state index in [0.29, 0.717) is 17.8 Å². The van der Waals surface area contributed by atoms with Gasteiger partial charge < -0.3 is 10.4 Å². The van der Waals surface area contributed by atoms with Crippen molar-refractivity contribution in [1.29, 1.82) is 5.26 Å². The Labute approximate surface area is 121 Å². The lowest BCUT2D eigenvalue weighted by atomic mass is 10.1. The maximum absolute atomic E-state index is 10.9. The number of para-hydroxylation sites is 1. The summed E-state index contributed by atoms with van der Waals surface area (Å²) in [5.41, 5.74) is 1.30. The summed E-state index contributed by atoms with van der Waals surface area (Å²) in [7, 11) is 0. The molecule has 2 atom stereocenters. The van der Waals surface area contributed by atoms with Crippen molar-refractivity contribution in [2.75, 3.05) is 5.32 Å². The van der Waals surface area contributed by atoms with Crippen molar-refractivity contribution < 1.29 is 9.90 Å². The first-order chi connectivity index (χ1) is 10.2. The number of hydrogen-bond donors (Lipinski definition) is 2. The number of rotatable bonds is 3. The highest BCUT2D eigenvalue weighted by Gasteiger charge is 2.24. The molecule has 1 heterocycles. The number of carboxylic acid groups (broad SMARTS) is 1. The third kappa shape index (κ3) is 2.56. The molecule has 0 saturated carbocycles. The van der Waals surface area contributed by atoms with Gasteiger partial charge in [0.15, 0.2) is 0 Å². The number of benzene rings is 1. The predicted octanol–water partition coefficient (Wildman–Crippen LogP) is 2.55. The standard InChI is InChI=1S/C16H13N3O2/c17-9-11-8-15(19-14-4-2-1-3-13(11)14)18-12-6-5-10(7-12)16(20)21/h1-6,8,10,12H,7H2,(H,18,19)(H,20,21). The Morgan fingerprint density at radius 3 is 2.90 bits per heavy atom. The monoisotopic (exact) mass is 279 g/mol. The van der Waals surface area contributed by atoms with Gasteiger partial charge in [0.25, 0.3) is 0 Å². The molecule has 2 aromatic rings. The number of anilines is 1. The molecule has 5 heteroatoms. The van der Waals surface area contributed by atoms with E-state index in [1.54, 1.807) is 12.1 Å². The van der Waals surface area contributed by atoms with Crippen LogP contribution in [0.1, 0.15) is 12.0 Å². The third-order valence-electron chi connectivity index (χ3n) is 3.57. The van der Waals surface area contributed by atoms with Crippen molar-refractivity contribution in [1.82, 2.24) is 4.98 Å². The summed E-state index contributed by atoms with van der Waals surface area (Å²) in [5, 5.41) is 22.2. The van der Waals surface area contributed by atoms with Crippen LogP contribution in [0.15, 0.2) is 42.5 Å². The summed E-state index contributed by atoms with van der Waals surface area (Å²) in [6.45, 7) is 0. The number of nitriles is 1. The normalized spacial score (nSPS) is 20.3. The summed E-state index contributed by atoms with van der Waals surface area (Å²) in [6, 6.07) is 11.2. The van der Waals surface area contributed by atoms with Gasteiger partial charge in [-0.25, -0.2) is 4.98 Å². The Balaban J connectivity index is 1.87. The van der Waals surface area contributed by atoms with Gasteiger partial charge in [0, 0.05) is 11.4 Å². The Kier molecular flexibility index (Phi) is 3.28. The SMILES string of the molecule is N#Cc1cc(NC2C=CC(C(=O)O)C2)nc2ccccc12. The summed E-state index contributed by atoms with van der Waals surface area (Å²) >= 11 is 0. The number of fused-ring (bicyclic) bond motifs is 1. The second-order valence-electron chi connectivity index (χ2n) is 5.00. The number of nitrogens with zero attached hydrogens (tertiary/aromatic N) is 2. The van der Waals surface area contributed by atoms with Crippen molar-refractivity contribution in [3.63, 3.8) is 0 Å². The molecule has 0 amide bonds. The van der Waals surface area contributed by atoms with Crippen LogP contribution < -0.4 is 5.32 Å². The van der Waals surface area contributed by atoms with Gasteiger partial charge in [-0.05, 0) is 18.6 Å². The molecular formula is C16H13N3O2. The Morgan fingerprint density at radius 1 is 1.38 bits per heavy atom. The minimum absolute atomic E-state index is 0.0775. The first kappa shape index (κ1) is 13.1. The average molecular weight is 279 g/mol. The summed E-state index contributed by atoms with van der Waals surface area (Å²) in [6.07, 6.45) is 4.01. The summed E-state index contributed by atoms with van der Waals surface area (Å²) in [4.78, 5) is 15.4. The van der Waals surface area contributed by atoms with E-state index in [0.717, 1.165) is 10.9 Å². The summed E-state index contributed by atoms with van der Waals surface area (Å²) in [5.74, 6) is -0.691. The van der Waals surface area contributed by atoms with Crippen LogP contribution in [0.5, 0.6) is 0 Å². The van der Waals surface area contributed by atoms with E-state index < -0.39 is 11.9 Å². The zero-order valence-corrected chi connectivity index (χ0v) is 11.2. The number of hydrogen-bond acceptors (Lipinski definition) is 4. The molecule has 0 bridgehead atoms. The average Bonchev–Trinajstić information content (AvgIpc) is 2.95. The first-order valence-electron chi connectivity index (χ1n) is 6.65. The molecule has 2 unspecified atom stereocenters. The maximum Gasteiger partial charge on any atom is 0.310 e. The van der Waals surface area contributed by atoms with Crippen LogP contribution in [0.2, 0.25) is 0 Å². The van der Waals surface area contributed by atoms with Gasteiger partial charge >= 0.3 is 5.97 Å². The molecule has 3 rings (SSSR count). The largest absolute Gasteiger partial charge is 0.481 e. The Hall–Kier alpha value is -2.87. The van der Waals surface area contributed by atoms with E-state index in [1.807, 2.05) is 30.3 Å². The number of carbonyl (C=O) groups is 1. The van der Waals surface area contributed by atoms with Crippen LogP contribution in [0, 0.1) is 17.2 Å². The van der Waals surface area contributed by atoms with Crippen LogP contribution in [-0.4, -0.2) is 22.1 Å².